The fraction of sp³-hybridized carbons (Fsp3) is 0.154. The molecule has 1 unspecified atom stereocenters. The molecular weight excluding hydrogens is 172 g/mol. The first kappa shape index (κ1) is 10.5. The van der Waals surface area contributed by atoms with Crippen molar-refractivity contribution in [1.82, 2.24) is 0 Å². The van der Waals surface area contributed by atoms with Crippen molar-refractivity contribution < 1.29 is 4.79 Å². The minimum atomic E-state index is -0.119. The Morgan fingerprint density at radius 3 is 2.43 bits per heavy atom. The maximum Gasteiger partial charge on any atom is 0.162 e. The zero-order chi connectivity index (χ0) is 10.4. The van der Waals surface area contributed by atoms with E-state index in [0.717, 1.165) is 5.56 Å². The Kier molecular flexibility index (Phi) is 3.86. The van der Waals surface area contributed by atoms with E-state index in [4.69, 9.17) is 0 Å². The summed E-state index contributed by atoms with van der Waals surface area (Å²) in [5.74, 6) is -0.0673. The fourth-order valence-corrected chi connectivity index (χ4v) is 1.41. The Morgan fingerprint density at radius 2 is 1.93 bits per heavy atom. The van der Waals surface area contributed by atoms with E-state index in [1.165, 1.54) is 6.08 Å². The topological polar surface area (TPSA) is 17.1 Å². The molecule has 0 fully saturated rings. The first-order valence-corrected chi connectivity index (χ1v) is 4.61. The van der Waals surface area contributed by atoms with Crippen LogP contribution in [0.3, 0.4) is 0 Å². The van der Waals surface area contributed by atoms with Crippen molar-refractivity contribution in [1.29, 1.82) is 0 Å². The Morgan fingerprint density at radius 1 is 1.29 bits per heavy atom. The number of hydrogen-bond acceptors (Lipinski definition) is 1. The molecule has 1 nitrogen and oxygen atoms in total. The number of benzene rings is 1. The van der Waals surface area contributed by atoms with Crippen molar-refractivity contribution in [3.05, 3.63) is 61.2 Å². The third-order valence-corrected chi connectivity index (χ3v) is 2.15. The molecule has 1 rings (SSSR count). The summed E-state index contributed by atoms with van der Waals surface area (Å²) in [6.07, 6.45) is 3.80. The van der Waals surface area contributed by atoms with Crippen molar-refractivity contribution in [2.75, 3.05) is 0 Å². The minimum absolute atomic E-state index is 0.0519. The lowest BCUT2D eigenvalue weighted by atomic mass is 9.92. The Labute approximate surface area is 84.8 Å². The first-order chi connectivity index (χ1) is 6.79. The summed E-state index contributed by atoms with van der Waals surface area (Å²) in [5, 5.41) is 0. The van der Waals surface area contributed by atoms with Crippen molar-refractivity contribution >= 4 is 5.78 Å². The average Bonchev–Trinajstić information content (AvgIpc) is 2.26. The van der Waals surface area contributed by atoms with Crippen molar-refractivity contribution in [3.8, 4) is 0 Å². The first-order valence-electron chi connectivity index (χ1n) is 4.61. The summed E-state index contributed by atoms with van der Waals surface area (Å²) in [7, 11) is 0. The molecule has 0 radical (unpaired) electrons. The molecule has 0 aliphatic carbocycles. The van der Waals surface area contributed by atoms with E-state index in [1.807, 2.05) is 30.3 Å². The van der Waals surface area contributed by atoms with Gasteiger partial charge in [-0.05, 0) is 18.1 Å². The molecule has 0 N–H and O–H groups in total. The highest BCUT2D eigenvalue weighted by molar-refractivity contribution is 5.95. The van der Waals surface area contributed by atoms with Gasteiger partial charge in [-0.25, -0.2) is 0 Å². The number of carbonyl (C=O) groups excluding carboxylic acids is 1. The second-order valence-corrected chi connectivity index (χ2v) is 3.09. The molecule has 72 valence electrons. The van der Waals surface area contributed by atoms with Gasteiger partial charge < -0.3 is 0 Å². The largest absolute Gasteiger partial charge is 0.294 e. The van der Waals surface area contributed by atoms with Crippen molar-refractivity contribution in [3.63, 3.8) is 0 Å². The highest BCUT2D eigenvalue weighted by atomic mass is 16.1. The van der Waals surface area contributed by atoms with Crippen LogP contribution in [-0.2, 0) is 4.79 Å². The molecule has 0 aliphatic rings. The quantitative estimate of drug-likeness (QED) is 0.510. The van der Waals surface area contributed by atoms with Crippen LogP contribution in [0.1, 0.15) is 17.9 Å². The van der Waals surface area contributed by atoms with E-state index in [9.17, 15) is 4.79 Å². The molecule has 0 bridgehead atoms. The second kappa shape index (κ2) is 5.18. The molecule has 0 saturated carbocycles. The van der Waals surface area contributed by atoms with Crippen LogP contribution in [0.15, 0.2) is 55.6 Å². The van der Waals surface area contributed by atoms with Crippen LogP contribution in [0.4, 0.5) is 0 Å². The summed E-state index contributed by atoms with van der Waals surface area (Å²) in [6, 6.07) is 9.71. The van der Waals surface area contributed by atoms with Crippen LogP contribution in [0.25, 0.3) is 0 Å². The van der Waals surface area contributed by atoms with Gasteiger partial charge >= 0.3 is 0 Å². The maximum atomic E-state index is 11.5. The molecule has 1 aromatic carbocycles. The molecule has 0 spiro atoms. The summed E-state index contributed by atoms with van der Waals surface area (Å²) in [6.45, 7) is 7.16. The van der Waals surface area contributed by atoms with Crippen LogP contribution in [0.2, 0.25) is 0 Å². The average molecular weight is 186 g/mol. The predicted octanol–water partition coefficient (Wildman–Crippen LogP) is 3.10. The lowest BCUT2D eigenvalue weighted by Crippen LogP contribution is -2.08. The number of carbonyl (C=O) groups is 1. The molecule has 0 amide bonds. The summed E-state index contributed by atoms with van der Waals surface area (Å²) >= 11 is 0. The Balaban J connectivity index is 2.93. The van der Waals surface area contributed by atoms with Gasteiger partial charge in [0, 0.05) is 0 Å². The lowest BCUT2D eigenvalue weighted by Gasteiger charge is -2.11. The van der Waals surface area contributed by atoms with E-state index in [2.05, 4.69) is 13.2 Å². The Bertz CT molecular complexity index is 324. The molecule has 1 heteroatoms. The molecule has 0 aromatic heterocycles. The Hall–Kier alpha value is -1.63. The van der Waals surface area contributed by atoms with E-state index in [-0.39, 0.29) is 11.7 Å². The molecule has 1 aromatic rings. The van der Waals surface area contributed by atoms with Gasteiger partial charge in [-0.15, -0.1) is 6.58 Å². The van der Waals surface area contributed by atoms with Crippen LogP contribution in [-0.4, -0.2) is 5.78 Å². The van der Waals surface area contributed by atoms with Crippen LogP contribution >= 0.6 is 0 Å². The van der Waals surface area contributed by atoms with Gasteiger partial charge in [0.1, 0.15) is 0 Å². The zero-order valence-electron chi connectivity index (χ0n) is 8.15. The van der Waals surface area contributed by atoms with Crippen LogP contribution in [0.5, 0.6) is 0 Å². The van der Waals surface area contributed by atoms with Gasteiger partial charge in [-0.2, -0.15) is 0 Å². The fourth-order valence-electron chi connectivity index (χ4n) is 1.41. The highest BCUT2D eigenvalue weighted by Gasteiger charge is 2.15. The predicted molar refractivity (Wildman–Crippen MR) is 59.2 cm³/mol. The molecule has 14 heavy (non-hydrogen) atoms. The smallest absolute Gasteiger partial charge is 0.162 e. The molecule has 0 heterocycles. The van der Waals surface area contributed by atoms with Gasteiger partial charge in [0.05, 0.1) is 5.92 Å². The number of allylic oxidation sites excluding steroid dienone is 2. The van der Waals surface area contributed by atoms with Gasteiger partial charge in [-0.1, -0.05) is 43.0 Å². The minimum Gasteiger partial charge on any atom is -0.294 e. The third-order valence-electron chi connectivity index (χ3n) is 2.15. The number of hydrogen-bond donors (Lipinski definition) is 0. The summed E-state index contributed by atoms with van der Waals surface area (Å²) < 4.78 is 0. The molecule has 0 saturated heterocycles. The SMILES string of the molecule is C=CCC(C(=O)C=C)c1ccccc1. The van der Waals surface area contributed by atoms with Crippen molar-refractivity contribution in [2.45, 2.75) is 12.3 Å². The van der Waals surface area contributed by atoms with Crippen LogP contribution < -0.4 is 0 Å². The zero-order valence-corrected chi connectivity index (χ0v) is 8.15. The van der Waals surface area contributed by atoms with Gasteiger partial charge in [0.15, 0.2) is 5.78 Å². The highest BCUT2D eigenvalue weighted by Crippen LogP contribution is 2.21. The van der Waals surface area contributed by atoms with Gasteiger partial charge in [-0.3, -0.25) is 4.79 Å². The van der Waals surface area contributed by atoms with Gasteiger partial charge in [0.25, 0.3) is 0 Å². The van der Waals surface area contributed by atoms with Crippen LogP contribution in [0, 0.1) is 0 Å². The second-order valence-electron chi connectivity index (χ2n) is 3.09. The van der Waals surface area contributed by atoms with E-state index in [0.29, 0.717) is 6.42 Å². The third kappa shape index (κ3) is 2.43. The van der Waals surface area contributed by atoms with Crippen molar-refractivity contribution in [2.24, 2.45) is 0 Å². The van der Waals surface area contributed by atoms with E-state index < -0.39 is 0 Å². The van der Waals surface area contributed by atoms with E-state index >= 15 is 0 Å². The summed E-state index contributed by atoms with van der Waals surface area (Å²) in [4.78, 5) is 11.5. The molecular formula is C13H14O. The summed E-state index contributed by atoms with van der Waals surface area (Å²) in [5.41, 5.74) is 1.03. The van der Waals surface area contributed by atoms with E-state index in [1.54, 1.807) is 6.08 Å². The maximum absolute atomic E-state index is 11.5. The standard InChI is InChI=1S/C13H14O/c1-3-8-12(13(14)4-2)11-9-6-5-7-10-11/h3-7,9-10,12H,1-2,8H2. The molecule has 1 atom stereocenters. The number of rotatable bonds is 5. The number of ketones is 1. The van der Waals surface area contributed by atoms with Gasteiger partial charge in [0.2, 0.25) is 0 Å². The normalized spacial score (nSPS) is 11.7. The monoisotopic (exact) mass is 186 g/mol. The lowest BCUT2D eigenvalue weighted by molar-refractivity contribution is -0.115. The molecule has 0 aliphatic heterocycles.